The predicted octanol–water partition coefficient (Wildman–Crippen LogP) is 2.13. The van der Waals surface area contributed by atoms with Crippen LogP contribution in [0.25, 0.3) is 0 Å². The molecule has 0 aromatic heterocycles. The second-order valence-electron chi connectivity index (χ2n) is 5.00. The summed E-state index contributed by atoms with van der Waals surface area (Å²) >= 11 is 0. The zero-order chi connectivity index (χ0) is 12.1. The van der Waals surface area contributed by atoms with Gasteiger partial charge in [-0.2, -0.15) is 0 Å². The summed E-state index contributed by atoms with van der Waals surface area (Å²) in [6.45, 7) is 3.72. The number of hydrogen-bond acceptors (Lipinski definition) is 3. The molecule has 0 atom stereocenters. The van der Waals surface area contributed by atoms with Crippen LogP contribution in [0.15, 0.2) is 24.3 Å². The van der Waals surface area contributed by atoms with Gasteiger partial charge in [0.1, 0.15) is 0 Å². The van der Waals surface area contributed by atoms with E-state index in [1.54, 1.807) is 0 Å². The zero-order valence-corrected chi connectivity index (χ0v) is 10.6. The van der Waals surface area contributed by atoms with E-state index in [1.807, 2.05) is 12.1 Å². The molecule has 0 radical (unpaired) electrons. The van der Waals surface area contributed by atoms with Gasteiger partial charge in [0.25, 0.3) is 0 Å². The molecule has 1 aromatic carbocycles. The molecule has 1 fully saturated rings. The third kappa shape index (κ3) is 4.75. The quantitative estimate of drug-likeness (QED) is 0.580. The molecule has 3 heteroatoms. The van der Waals surface area contributed by atoms with Crippen LogP contribution in [0.1, 0.15) is 18.4 Å². The van der Waals surface area contributed by atoms with Crippen LogP contribution in [0.4, 0.5) is 5.69 Å². The first kappa shape index (κ1) is 12.4. The second kappa shape index (κ2) is 6.03. The first-order chi connectivity index (χ1) is 8.24. The Balaban J connectivity index is 1.61. The molecule has 94 valence electrons. The number of benzene rings is 1. The van der Waals surface area contributed by atoms with Crippen LogP contribution >= 0.6 is 0 Å². The van der Waals surface area contributed by atoms with Gasteiger partial charge in [0.05, 0.1) is 6.61 Å². The van der Waals surface area contributed by atoms with Crippen LogP contribution in [0.5, 0.6) is 0 Å². The fourth-order valence-electron chi connectivity index (χ4n) is 1.77. The van der Waals surface area contributed by atoms with E-state index in [-0.39, 0.29) is 0 Å². The number of ether oxygens (including phenoxy) is 1. The Morgan fingerprint density at radius 2 is 2.00 bits per heavy atom. The first-order valence-corrected chi connectivity index (χ1v) is 6.35. The molecule has 0 spiro atoms. The van der Waals surface area contributed by atoms with Gasteiger partial charge >= 0.3 is 0 Å². The summed E-state index contributed by atoms with van der Waals surface area (Å²) in [5.41, 5.74) is 7.77. The summed E-state index contributed by atoms with van der Waals surface area (Å²) in [6.07, 6.45) is 2.72. The number of likely N-dealkylation sites (N-methyl/N-ethyl adjacent to an activating group) is 1. The molecule has 0 heterocycles. The Hall–Kier alpha value is -1.06. The minimum absolute atomic E-state index is 0.823. The molecule has 1 aromatic rings. The smallest absolute Gasteiger partial charge is 0.0593 e. The molecule has 0 saturated heterocycles. The topological polar surface area (TPSA) is 38.5 Å². The van der Waals surface area contributed by atoms with Gasteiger partial charge in [-0.25, -0.2) is 0 Å². The fraction of sp³-hybridized carbons (Fsp3) is 0.571. The van der Waals surface area contributed by atoms with Gasteiger partial charge in [-0.15, -0.1) is 0 Å². The van der Waals surface area contributed by atoms with E-state index in [1.165, 1.54) is 18.4 Å². The number of anilines is 1. The largest absolute Gasteiger partial charge is 0.399 e. The molecular weight excluding hydrogens is 212 g/mol. The van der Waals surface area contributed by atoms with E-state index < -0.39 is 0 Å². The second-order valence-corrected chi connectivity index (χ2v) is 5.00. The van der Waals surface area contributed by atoms with Crippen molar-refractivity contribution in [3.63, 3.8) is 0 Å². The third-order valence-electron chi connectivity index (χ3n) is 3.10. The molecule has 1 saturated carbocycles. The van der Waals surface area contributed by atoms with Crippen molar-refractivity contribution in [3.05, 3.63) is 29.8 Å². The highest BCUT2D eigenvalue weighted by Crippen LogP contribution is 2.28. The number of nitrogen functional groups attached to an aromatic ring is 1. The van der Waals surface area contributed by atoms with Gasteiger partial charge in [-0.1, -0.05) is 12.1 Å². The van der Waals surface area contributed by atoms with Crippen LogP contribution in [-0.2, 0) is 11.3 Å². The van der Waals surface area contributed by atoms with Gasteiger partial charge in [-0.3, -0.25) is 4.90 Å². The van der Waals surface area contributed by atoms with E-state index in [9.17, 15) is 0 Å². The van der Waals surface area contributed by atoms with Crippen LogP contribution in [0.2, 0.25) is 0 Å². The van der Waals surface area contributed by atoms with Crippen molar-refractivity contribution in [3.8, 4) is 0 Å². The molecular formula is C14H22N2O. The maximum atomic E-state index is 5.66. The molecule has 1 aliphatic rings. The summed E-state index contributed by atoms with van der Waals surface area (Å²) in [6, 6.07) is 8.06. The molecule has 2 N–H and O–H groups in total. The van der Waals surface area contributed by atoms with E-state index >= 15 is 0 Å². The van der Waals surface area contributed by atoms with Gasteiger partial charge in [-0.05, 0) is 43.5 Å². The lowest BCUT2D eigenvalue weighted by Gasteiger charge is -2.16. The van der Waals surface area contributed by atoms with Crippen LogP contribution in [0.3, 0.4) is 0 Å². The fourth-order valence-corrected chi connectivity index (χ4v) is 1.77. The molecule has 1 aliphatic carbocycles. The lowest BCUT2D eigenvalue weighted by Crippen LogP contribution is -2.23. The van der Waals surface area contributed by atoms with Crippen molar-refractivity contribution in [2.45, 2.75) is 19.4 Å². The standard InChI is InChI=1S/C14H22N2O/c1-16(8-9-17-11-13-2-3-13)10-12-4-6-14(15)7-5-12/h4-7,13H,2-3,8-11,15H2,1H3. The lowest BCUT2D eigenvalue weighted by atomic mass is 10.2. The molecule has 0 unspecified atom stereocenters. The van der Waals surface area contributed by atoms with Gasteiger partial charge in [0.2, 0.25) is 0 Å². The zero-order valence-electron chi connectivity index (χ0n) is 10.6. The average molecular weight is 234 g/mol. The first-order valence-electron chi connectivity index (χ1n) is 6.35. The number of rotatable bonds is 7. The normalized spacial score (nSPS) is 15.4. The van der Waals surface area contributed by atoms with E-state index in [0.29, 0.717) is 0 Å². The Labute approximate surface area is 104 Å². The van der Waals surface area contributed by atoms with Gasteiger partial charge in [0, 0.05) is 25.4 Å². The van der Waals surface area contributed by atoms with Crippen LogP contribution in [0, 0.1) is 5.92 Å². The minimum atomic E-state index is 0.823. The van der Waals surface area contributed by atoms with Gasteiger partial charge < -0.3 is 10.5 Å². The van der Waals surface area contributed by atoms with Crippen molar-refractivity contribution >= 4 is 5.69 Å². The van der Waals surface area contributed by atoms with Gasteiger partial charge in [0.15, 0.2) is 0 Å². The number of nitrogens with zero attached hydrogens (tertiary/aromatic N) is 1. The van der Waals surface area contributed by atoms with E-state index in [2.05, 4.69) is 24.1 Å². The third-order valence-corrected chi connectivity index (χ3v) is 3.10. The summed E-state index contributed by atoms with van der Waals surface area (Å²) in [5, 5.41) is 0. The van der Waals surface area contributed by atoms with E-state index in [0.717, 1.165) is 37.9 Å². The lowest BCUT2D eigenvalue weighted by molar-refractivity contribution is 0.102. The predicted molar refractivity (Wildman–Crippen MR) is 70.7 cm³/mol. The average Bonchev–Trinajstić information content (AvgIpc) is 3.12. The van der Waals surface area contributed by atoms with Crippen LogP contribution < -0.4 is 5.73 Å². The molecule has 0 aliphatic heterocycles. The highest BCUT2D eigenvalue weighted by Gasteiger charge is 2.20. The van der Waals surface area contributed by atoms with Crippen LogP contribution in [-0.4, -0.2) is 31.7 Å². The molecule has 3 nitrogen and oxygen atoms in total. The maximum absolute atomic E-state index is 5.66. The highest BCUT2D eigenvalue weighted by molar-refractivity contribution is 5.39. The summed E-state index contributed by atoms with van der Waals surface area (Å²) in [4.78, 5) is 2.28. The SMILES string of the molecule is CN(CCOCC1CC1)Cc1ccc(N)cc1. The Kier molecular flexibility index (Phi) is 4.40. The Morgan fingerprint density at radius 3 is 2.65 bits per heavy atom. The van der Waals surface area contributed by atoms with Crippen molar-refractivity contribution in [2.24, 2.45) is 5.92 Å². The molecule has 17 heavy (non-hydrogen) atoms. The van der Waals surface area contributed by atoms with Crippen molar-refractivity contribution < 1.29 is 4.74 Å². The summed E-state index contributed by atoms with van der Waals surface area (Å²) in [5.74, 6) is 0.859. The summed E-state index contributed by atoms with van der Waals surface area (Å²) < 4.78 is 5.62. The molecule has 2 rings (SSSR count). The van der Waals surface area contributed by atoms with Crippen molar-refractivity contribution in [1.29, 1.82) is 0 Å². The molecule has 0 bridgehead atoms. The number of hydrogen-bond donors (Lipinski definition) is 1. The number of nitrogens with two attached hydrogens (primary N) is 1. The summed E-state index contributed by atoms with van der Waals surface area (Å²) in [7, 11) is 2.12. The Morgan fingerprint density at radius 1 is 1.29 bits per heavy atom. The van der Waals surface area contributed by atoms with Crippen molar-refractivity contribution in [1.82, 2.24) is 4.90 Å². The Bertz CT molecular complexity index is 333. The molecule has 0 amide bonds. The maximum Gasteiger partial charge on any atom is 0.0593 e. The van der Waals surface area contributed by atoms with E-state index in [4.69, 9.17) is 10.5 Å². The highest BCUT2D eigenvalue weighted by atomic mass is 16.5. The monoisotopic (exact) mass is 234 g/mol. The van der Waals surface area contributed by atoms with Crippen molar-refractivity contribution in [2.75, 3.05) is 32.5 Å². The minimum Gasteiger partial charge on any atom is -0.399 e.